The molecule has 86 valence electrons. The third-order valence-corrected chi connectivity index (χ3v) is 4.71. The fourth-order valence-electron chi connectivity index (χ4n) is 1.94. The molecule has 0 radical (unpaired) electrons. The van der Waals surface area contributed by atoms with E-state index in [9.17, 15) is 13.2 Å². The molecule has 0 bridgehead atoms. The van der Waals surface area contributed by atoms with Crippen LogP contribution in [0.1, 0.15) is 24.5 Å². The average Bonchev–Trinajstić information content (AvgIpc) is 2.28. The summed E-state index contributed by atoms with van der Waals surface area (Å²) in [6.45, 7) is 1.64. The molecule has 0 spiro atoms. The molecule has 1 aromatic carbocycles. The molecule has 3 nitrogen and oxygen atoms in total. The Morgan fingerprint density at radius 3 is 2.62 bits per heavy atom. The van der Waals surface area contributed by atoms with Gasteiger partial charge in [0.2, 0.25) is 0 Å². The lowest BCUT2D eigenvalue weighted by molar-refractivity contribution is -0.118. The molecule has 4 heteroatoms. The summed E-state index contributed by atoms with van der Waals surface area (Å²) in [7, 11) is -3.13. The molecule has 0 heterocycles. The first-order chi connectivity index (χ1) is 7.53. The van der Waals surface area contributed by atoms with Crippen molar-refractivity contribution in [2.24, 2.45) is 0 Å². The van der Waals surface area contributed by atoms with Crippen LogP contribution < -0.4 is 0 Å². The van der Waals surface area contributed by atoms with Crippen LogP contribution in [0.5, 0.6) is 0 Å². The summed E-state index contributed by atoms with van der Waals surface area (Å²) in [5, 5.41) is 0. The van der Waals surface area contributed by atoms with E-state index >= 15 is 0 Å². The summed E-state index contributed by atoms with van der Waals surface area (Å²) in [5.74, 6) is 0.351. The van der Waals surface area contributed by atoms with Crippen molar-refractivity contribution in [1.82, 2.24) is 0 Å². The standard InChI is InChI=1S/C12H14O3S/c1-2-16(14,15)12-6-4-9-7-11(13)5-3-10(9)8-12/h4,6,8H,2-3,5,7H2,1H3. The van der Waals surface area contributed by atoms with Gasteiger partial charge in [-0.1, -0.05) is 13.0 Å². The second kappa shape index (κ2) is 4.01. The number of Topliss-reactive ketones (excluding diaryl/α,β-unsaturated/α-hetero) is 1. The Morgan fingerprint density at radius 2 is 1.94 bits per heavy atom. The van der Waals surface area contributed by atoms with E-state index in [4.69, 9.17) is 0 Å². The van der Waals surface area contributed by atoms with E-state index < -0.39 is 9.84 Å². The van der Waals surface area contributed by atoms with Crippen molar-refractivity contribution in [3.8, 4) is 0 Å². The highest BCUT2D eigenvalue weighted by atomic mass is 32.2. The van der Waals surface area contributed by atoms with E-state index in [-0.39, 0.29) is 11.5 Å². The Bertz CT molecular complexity index is 529. The van der Waals surface area contributed by atoms with Crippen LogP contribution in [0.2, 0.25) is 0 Å². The van der Waals surface area contributed by atoms with Gasteiger partial charge < -0.3 is 0 Å². The molecule has 0 aromatic heterocycles. The van der Waals surface area contributed by atoms with Crippen LogP contribution in [0, 0.1) is 0 Å². The number of fused-ring (bicyclic) bond motifs is 1. The first kappa shape index (κ1) is 11.3. The van der Waals surface area contributed by atoms with Gasteiger partial charge in [-0.05, 0) is 29.7 Å². The quantitative estimate of drug-likeness (QED) is 0.785. The third-order valence-electron chi connectivity index (χ3n) is 2.98. The maximum atomic E-state index is 11.7. The predicted molar refractivity (Wildman–Crippen MR) is 61.2 cm³/mol. The summed E-state index contributed by atoms with van der Waals surface area (Å²) in [5.41, 5.74) is 1.99. The van der Waals surface area contributed by atoms with Gasteiger partial charge in [-0.15, -0.1) is 0 Å². The van der Waals surface area contributed by atoms with Gasteiger partial charge in [-0.3, -0.25) is 4.79 Å². The van der Waals surface area contributed by atoms with E-state index in [2.05, 4.69) is 0 Å². The summed E-state index contributed by atoms with van der Waals surface area (Å²) >= 11 is 0. The lowest BCUT2D eigenvalue weighted by Crippen LogP contribution is -2.14. The highest BCUT2D eigenvalue weighted by Crippen LogP contribution is 2.23. The molecular weight excluding hydrogens is 224 g/mol. The number of aryl methyl sites for hydroxylation is 1. The molecule has 0 saturated carbocycles. The fourth-order valence-corrected chi connectivity index (χ4v) is 2.87. The molecule has 0 fully saturated rings. The van der Waals surface area contributed by atoms with Crippen LogP contribution >= 0.6 is 0 Å². The summed E-state index contributed by atoms with van der Waals surface area (Å²) < 4.78 is 23.4. The van der Waals surface area contributed by atoms with Gasteiger partial charge in [0.05, 0.1) is 10.6 Å². The van der Waals surface area contributed by atoms with Gasteiger partial charge in [0.15, 0.2) is 9.84 Å². The normalized spacial score (nSPS) is 15.9. The Morgan fingerprint density at radius 1 is 1.19 bits per heavy atom. The second-order valence-electron chi connectivity index (χ2n) is 4.05. The maximum absolute atomic E-state index is 11.7. The molecule has 0 unspecified atom stereocenters. The highest BCUT2D eigenvalue weighted by Gasteiger charge is 2.18. The van der Waals surface area contributed by atoms with Crippen molar-refractivity contribution in [2.75, 3.05) is 5.75 Å². The van der Waals surface area contributed by atoms with Crippen molar-refractivity contribution in [3.05, 3.63) is 29.3 Å². The van der Waals surface area contributed by atoms with Crippen LogP contribution in [0.4, 0.5) is 0 Å². The molecular formula is C12H14O3S. The van der Waals surface area contributed by atoms with Crippen LogP contribution in [0.15, 0.2) is 23.1 Å². The van der Waals surface area contributed by atoms with Gasteiger partial charge in [-0.25, -0.2) is 8.42 Å². The number of hydrogen-bond acceptors (Lipinski definition) is 3. The number of sulfone groups is 1. The third kappa shape index (κ3) is 2.02. The number of benzene rings is 1. The van der Waals surface area contributed by atoms with E-state index in [1.807, 2.05) is 0 Å². The minimum Gasteiger partial charge on any atom is -0.299 e. The molecule has 0 atom stereocenters. The van der Waals surface area contributed by atoms with Gasteiger partial charge >= 0.3 is 0 Å². The Kier molecular flexibility index (Phi) is 2.84. The first-order valence-corrected chi connectivity index (χ1v) is 7.04. The number of carbonyl (C=O) groups is 1. The van der Waals surface area contributed by atoms with E-state index in [0.29, 0.717) is 24.2 Å². The molecule has 2 rings (SSSR count). The smallest absolute Gasteiger partial charge is 0.178 e. The van der Waals surface area contributed by atoms with Crippen molar-refractivity contribution >= 4 is 15.6 Å². The summed E-state index contributed by atoms with van der Waals surface area (Å²) in [6, 6.07) is 5.10. The van der Waals surface area contributed by atoms with Crippen molar-refractivity contribution in [2.45, 2.75) is 31.1 Å². The SMILES string of the molecule is CCS(=O)(=O)c1ccc2c(c1)CCC(=O)C2. The summed E-state index contributed by atoms with van der Waals surface area (Å²) in [4.78, 5) is 11.6. The van der Waals surface area contributed by atoms with Crippen LogP contribution in [-0.2, 0) is 27.5 Å². The van der Waals surface area contributed by atoms with Gasteiger partial charge in [-0.2, -0.15) is 0 Å². The second-order valence-corrected chi connectivity index (χ2v) is 6.33. The minimum atomic E-state index is -3.13. The first-order valence-electron chi connectivity index (χ1n) is 5.39. The van der Waals surface area contributed by atoms with E-state index in [0.717, 1.165) is 11.1 Å². The zero-order valence-corrected chi connectivity index (χ0v) is 10.0. The van der Waals surface area contributed by atoms with Crippen molar-refractivity contribution in [1.29, 1.82) is 0 Å². The van der Waals surface area contributed by atoms with Gasteiger partial charge in [0.1, 0.15) is 5.78 Å². The zero-order chi connectivity index (χ0) is 11.8. The molecule has 1 aliphatic rings. The van der Waals surface area contributed by atoms with E-state index in [1.54, 1.807) is 25.1 Å². The Hall–Kier alpha value is -1.16. The van der Waals surface area contributed by atoms with Crippen molar-refractivity contribution < 1.29 is 13.2 Å². The minimum absolute atomic E-state index is 0.116. The van der Waals surface area contributed by atoms with E-state index in [1.165, 1.54) is 0 Å². The van der Waals surface area contributed by atoms with Gasteiger partial charge in [0, 0.05) is 12.8 Å². The molecule has 0 saturated heterocycles. The van der Waals surface area contributed by atoms with Crippen LogP contribution in [0.3, 0.4) is 0 Å². The average molecular weight is 238 g/mol. The molecule has 0 aliphatic heterocycles. The largest absolute Gasteiger partial charge is 0.299 e. The summed E-state index contributed by atoms with van der Waals surface area (Å²) in [6.07, 6.45) is 1.64. The number of hydrogen-bond donors (Lipinski definition) is 0. The van der Waals surface area contributed by atoms with Crippen LogP contribution in [-0.4, -0.2) is 20.0 Å². The lowest BCUT2D eigenvalue weighted by Gasteiger charge is -2.15. The maximum Gasteiger partial charge on any atom is 0.178 e. The van der Waals surface area contributed by atoms with Gasteiger partial charge in [0.25, 0.3) is 0 Å². The highest BCUT2D eigenvalue weighted by molar-refractivity contribution is 7.91. The number of carbonyl (C=O) groups excluding carboxylic acids is 1. The fraction of sp³-hybridized carbons (Fsp3) is 0.417. The molecule has 0 amide bonds. The van der Waals surface area contributed by atoms with Crippen LogP contribution in [0.25, 0.3) is 0 Å². The Balaban J connectivity index is 2.45. The lowest BCUT2D eigenvalue weighted by atomic mass is 9.91. The zero-order valence-electron chi connectivity index (χ0n) is 9.19. The molecule has 0 N–H and O–H groups in total. The number of ketones is 1. The topological polar surface area (TPSA) is 51.2 Å². The predicted octanol–water partition coefficient (Wildman–Crippen LogP) is 1.54. The Labute approximate surface area is 95.4 Å². The number of rotatable bonds is 2. The molecule has 16 heavy (non-hydrogen) atoms. The molecule has 1 aromatic rings. The van der Waals surface area contributed by atoms with Crippen molar-refractivity contribution in [3.63, 3.8) is 0 Å². The molecule has 1 aliphatic carbocycles. The monoisotopic (exact) mass is 238 g/mol.